The Hall–Kier alpha value is -5.74. The van der Waals surface area contributed by atoms with Crippen molar-refractivity contribution >= 4 is 54.5 Å². The van der Waals surface area contributed by atoms with Gasteiger partial charge in [0.2, 0.25) is 0 Å². The highest BCUT2D eigenvalue weighted by Gasteiger charge is 2.26. The maximum atomic E-state index is 6.89. The molecule has 0 amide bonds. The Morgan fingerprint density at radius 3 is 2.08 bits per heavy atom. The SMILES string of the molecule is CC(C)c1cc(-c2ccc(C(C)(C)C)cn2)cc(C(C)C)c1-n1c(-c2cccc3c2oc2cc4c(ccc5ccccc54)cc23)nc2ccccc21. The number of fused-ring (bicyclic) bond motifs is 7. The molecule has 0 aliphatic carbocycles. The molecule has 0 N–H and O–H groups in total. The first kappa shape index (κ1) is 32.2. The summed E-state index contributed by atoms with van der Waals surface area (Å²) in [6.07, 6.45) is 2.04. The standard InChI is InChI=1S/C48H43N3O/c1-28(2)37-24-32(41-22-21-33(27-49-41)48(5,6)7)25-38(29(3)4)45(37)51-43-18-11-10-17-42(43)50-47(51)36-16-12-15-35-40-23-31-20-19-30-13-8-9-14-34(30)39(31)26-44(40)52-46(35)36/h8-29H,1-7H3. The molecule has 0 spiro atoms. The predicted octanol–water partition coefficient (Wildman–Crippen LogP) is 13.5. The molecule has 0 unspecified atom stereocenters. The van der Waals surface area contributed by atoms with E-state index in [0.29, 0.717) is 0 Å². The highest BCUT2D eigenvalue weighted by atomic mass is 16.3. The third kappa shape index (κ3) is 5.11. The fourth-order valence-electron chi connectivity index (χ4n) is 7.88. The van der Waals surface area contributed by atoms with E-state index in [9.17, 15) is 0 Å². The van der Waals surface area contributed by atoms with Crippen molar-refractivity contribution in [2.24, 2.45) is 0 Å². The molecule has 3 aromatic heterocycles. The van der Waals surface area contributed by atoms with Crippen molar-refractivity contribution in [2.45, 2.75) is 65.7 Å². The van der Waals surface area contributed by atoms with E-state index in [1.54, 1.807) is 0 Å². The van der Waals surface area contributed by atoms with Crippen LogP contribution in [0.1, 0.15) is 77.0 Å². The number of nitrogens with zero attached hydrogens (tertiary/aromatic N) is 3. The fraction of sp³-hybridized carbons (Fsp3) is 0.208. The highest BCUT2D eigenvalue weighted by molar-refractivity contribution is 6.17. The Bertz CT molecular complexity index is 2800. The molecule has 0 saturated carbocycles. The van der Waals surface area contributed by atoms with E-state index in [4.69, 9.17) is 14.4 Å². The van der Waals surface area contributed by atoms with Gasteiger partial charge in [0.25, 0.3) is 0 Å². The van der Waals surface area contributed by atoms with Crippen molar-refractivity contribution in [3.63, 3.8) is 0 Å². The first-order valence-electron chi connectivity index (χ1n) is 18.5. The Kier molecular flexibility index (Phi) is 7.38. The van der Waals surface area contributed by atoms with Crippen LogP contribution in [0, 0.1) is 0 Å². The van der Waals surface area contributed by atoms with E-state index in [-0.39, 0.29) is 17.3 Å². The van der Waals surface area contributed by atoms with Crippen LogP contribution in [-0.4, -0.2) is 14.5 Å². The first-order chi connectivity index (χ1) is 25.1. The highest BCUT2D eigenvalue weighted by Crippen LogP contribution is 2.43. The summed E-state index contributed by atoms with van der Waals surface area (Å²) in [6.45, 7) is 15.8. The van der Waals surface area contributed by atoms with Gasteiger partial charge in [-0.1, -0.05) is 115 Å². The van der Waals surface area contributed by atoms with Crippen LogP contribution in [0.3, 0.4) is 0 Å². The molecule has 4 heteroatoms. The normalized spacial score (nSPS) is 12.5. The van der Waals surface area contributed by atoms with Crippen molar-refractivity contribution < 1.29 is 4.42 Å². The Morgan fingerprint density at radius 1 is 0.635 bits per heavy atom. The average Bonchev–Trinajstić information content (AvgIpc) is 3.71. The Labute approximate surface area is 304 Å². The second-order valence-electron chi connectivity index (χ2n) is 15.9. The molecule has 0 saturated heterocycles. The van der Waals surface area contributed by atoms with E-state index in [1.165, 1.54) is 43.9 Å². The van der Waals surface area contributed by atoms with Gasteiger partial charge in [0.15, 0.2) is 0 Å². The minimum absolute atomic E-state index is 0.0466. The summed E-state index contributed by atoms with van der Waals surface area (Å²) in [4.78, 5) is 10.4. The minimum Gasteiger partial charge on any atom is -0.455 e. The van der Waals surface area contributed by atoms with Gasteiger partial charge in [0.05, 0.1) is 28.0 Å². The second-order valence-corrected chi connectivity index (χ2v) is 15.9. The summed E-state index contributed by atoms with van der Waals surface area (Å²) in [5.74, 6) is 1.38. The zero-order valence-corrected chi connectivity index (χ0v) is 31.0. The number of aromatic nitrogens is 3. The molecule has 0 bridgehead atoms. The van der Waals surface area contributed by atoms with Gasteiger partial charge in [0, 0.05) is 22.5 Å². The zero-order valence-electron chi connectivity index (χ0n) is 31.0. The molecule has 9 aromatic rings. The van der Waals surface area contributed by atoms with Crippen LogP contribution in [-0.2, 0) is 5.41 Å². The van der Waals surface area contributed by atoms with E-state index in [0.717, 1.165) is 55.6 Å². The second kappa shape index (κ2) is 11.9. The van der Waals surface area contributed by atoms with Gasteiger partial charge in [-0.25, -0.2) is 4.98 Å². The van der Waals surface area contributed by atoms with E-state index < -0.39 is 0 Å². The first-order valence-corrected chi connectivity index (χ1v) is 18.5. The van der Waals surface area contributed by atoms with E-state index in [1.807, 2.05) is 6.20 Å². The molecular weight excluding hydrogens is 635 g/mol. The van der Waals surface area contributed by atoms with Crippen molar-refractivity contribution in [3.05, 3.63) is 138 Å². The molecule has 52 heavy (non-hydrogen) atoms. The monoisotopic (exact) mass is 677 g/mol. The van der Waals surface area contributed by atoms with E-state index in [2.05, 4.69) is 168 Å². The number of rotatable bonds is 5. The van der Waals surface area contributed by atoms with Crippen LogP contribution in [0.15, 0.2) is 126 Å². The number of hydrogen-bond acceptors (Lipinski definition) is 3. The lowest BCUT2D eigenvalue weighted by Gasteiger charge is -2.24. The molecular formula is C48H43N3O. The Balaban J connectivity index is 1.31. The largest absolute Gasteiger partial charge is 0.455 e. The molecule has 0 atom stereocenters. The van der Waals surface area contributed by atoms with Crippen LogP contribution in [0.25, 0.3) is 82.8 Å². The van der Waals surface area contributed by atoms with Gasteiger partial charge >= 0.3 is 0 Å². The fourth-order valence-corrected chi connectivity index (χ4v) is 7.88. The van der Waals surface area contributed by atoms with Crippen LogP contribution < -0.4 is 0 Å². The number of pyridine rings is 1. The number of para-hydroxylation sites is 3. The van der Waals surface area contributed by atoms with Crippen molar-refractivity contribution in [1.82, 2.24) is 14.5 Å². The average molecular weight is 678 g/mol. The predicted molar refractivity (Wildman–Crippen MR) is 219 cm³/mol. The van der Waals surface area contributed by atoms with Gasteiger partial charge in [-0.05, 0) is 104 Å². The minimum atomic E-state index is 0.0466. The van der Waals surface area contributed by atoms with Crippen molar-refractivity contribution in [2.75, 3.05) is 0 Å². The summed E-state index contributed by atoms with van der Waals surface area (Å²) in [6, 6.07) is 41.6. The van der Waals surface area contributed by atoms with Gasteiger partial charge in [-0.2, -0.15) is 0 Å². The van der Waals surface area contributed by atoms with Gasteiger partial charge in [0.1, 0.15) is 17.0 Å². The summed E-state index contributed by atoms with van der Waals surface area (Å²) in [7, 11) is 0. The molecule has 4 nitrogen and oxygen atoms in total. The summed E-state index contributed by atoms with van der Waals surface area (Å²) >= 11 is 0. The van der Waals surface area contributed by atoms with Crippen LogP contribution in [0.2, 0.25) is 0 Å². The number of imidazole rings is 1. The maximum absolute atomic E-state index is 6.89. The molecule has 9 rings (SSSR count). The molecule has 256 valence electrons. The maximum Gasteiger partial charge on any atom is 0.149 e. The third-order valence-corrected chi connectivity index (χ3v) is 10.7. The lowest BCUT2D eigenvalue weighted by atomic mass is 9.87. The topological polar surface area (TPSA) is 43.9 Å². The number of benzene rings is 6. The van der Waals surface area contributed by atoms with Gasteiger partial charge < -0.3 is 4.42 Å². The van der Waals surface area contributed by atoms with Crippen LogP contribution in [0.5, 0.6) is 0 Å². The van der Waals surface area contributed by atoms with Gasteiger partial charge in [-0.15, -0.1) is 0 Å². The zero-order chi connectivity index (χ0) is 35.9. The molecule has 0 aliphatic rings. The molecule has 0 radical (unpaired) electrons. The third-order valence-electron chi connectivity index (χ3n) is 10.7. The Morgan fingerprint density at radius 2 is 1.35 bits per heavy atom. The van der Waals surface area contributed by atoms with Crippen LogP contribution >= 0.6 is 0 Å². The van der Waals surface area contributed by atoms with Crippen LogP contribution in [0.4, 0.5) is 0 Å². The number of furan rings is 1. The molecule has 0 fully saturated rings. The number of hydrogen-bond donors (Lipinski definition) is 0. The quantitative estimate of drug-likeness (QED) is 0.170. The van der Waals surface area contributed by atoms with Crippen molar-refractivity contribution in [1.29, 1.82) is 0 Å². The summed E-state index contributed by atoms with van der Waals surface area (Å²) in [5, 5.41) is 7.07. The molecule has 0 aliphatic heterocycles. The molecule has 3 heterocycles. The summed E-state index contributed by atoms with van der Waals surface area (Å²) in [5.41, 5.74) is 11.9. The lowest BCUT2D eigenvalue weighted by molar-refractivity contribution is 0.587. The van der Waals surface area contributed by atoms with E-state index >= 15 is 0 Å². The van der Waals surface area contributed by atoms with Crippen molar-refractivity contribution in [3.8, 4) is 28.3 Å². The summed E-state index contributed by atoms with van der Waals surface area (Å²) < 4.78 is 9.28. The van der Waals surface area contributed by atoms with Gasteiger partial charge in [-0.3, -0.25) is 9.55 Å². The smallest absolute Gasteiger partial charge is 0.149 e. The lowest BCUT2D eigenvalue weighted by Crippen LogP contribution is -2.11. The molecule has 6 aromatic carbocycles.